The van der Waals surface area contributed by atoms with Gasteiger partial charge >= 0.3 is 11.9 Å². The molecule has 0 amide bonds. The summed E-state index contributed by atoms with van der Waals surface area (Å²) in [5.41, 5.74) is 0. The minimum absolute atomic E-state index is 0.00286. The van der Waals surface area contributed by atoms with Crippen LogP contribution >= 0.6 is 11.3 Å². The highest BCUT2D eigenvalue weighted by Crippen LogP contribution is 2.08. The van der Waals surface area contributed by atoms with Gasteiger partial charge in [-0.15, -0.1) is 11.3 Å². The van der Waals surface area contributed by atoms with Gasteiger partial charge in [-0.25, -0.2) is 0 Å². The topological polar surface area (TPSA) is 64.6 Å². The Balaban J connectivity index is 2.44. The molecule has 0 aliphatic rings. The van der Waals surface area contributed by atoms with Crippen molar-refractivity contribution in [3.8, 4) is 0 Å². The van der Waals surface area contributed by atoms with Crippen LogP contribution in [0.1, 0.15) is 25.1 Å². The van der Waals surface area contributed by atoms with Crippen molar-refractivity contribution in [2.24, 2.45) is 0 Å². The number of hydrogen-bond donors (Lipinski definition) is 1. The zero-order chi connectivity index (χ0) is 14.8. The van der Waals surface area contributed by atoms with Crippen molar-refractivity contribution in [2.75, 3.05) is 19.8 Å². The van der Waals surface area contributed by atoms with Crippen molar-refractivity contribution in [1.82, 2.24) is 5.32 Å². The van der Waals surface area contributed by atoms with Gasteiger partial charge in [0.1, 0.15) is 6.04 Å². The average Bonchev–Trinajstić information content (AvgIpc) is 2.91. The van der Waals surface area contributed by atoms with Crippen LogP contribution in [0.25, 0.3) is 0 Å². The second-order valence-corrected chi connectivity index (χ2v) is 5.13. The number of hydrogen-bond acceptors (Lipinski definition) is 6. The van der Waals surface area contributed by atoms with Gasteiger partial charge < -0.3 is 14.8 Å². The Kier molecular flexibility index (Phi) is 7.91. The largest absolute Gasteiger partial charge is 0.466 e. The summed E-state index contributed by atoms with van der Waals surface area (Å²) in [4.78, 5) is 24.5. The van der Waals surface area contributed by atoms with Gasteiger partial charge in [0.2, 0.25) is 0 Å². The zero-order valence-corrected chi connectivity index (χ0v) is 12.7. The third-order valence-corrected chi connectivity index (χ3v) is 3.53. The van der Waals surface area contributed by atoms with Gasteiger partial charge in [0.05, 0.1) is 19.6 Å². The molecule has 1 heterocycles. The van der Waals surface area contributed by atoms with Gasteiger partial charge in [0, 0.05) is 11.4 Å². The highest BCUT2D eigenvalue weighted by Gasteiger charge is 2.23. The van der Waals surface area contributed by atoms with Crippen LogP contribution in [0, 0.1) is 0 Å². The predicted molar refractivity (Wildman–Crippen MR) is 77.7 cm³/mol. The number of esters is 2. The molecule has 0 saturated carbocycles. The zero-order valence-electron chi connectivity index (χ0n) is 11.9. The van der Waals surface area contributed by atoms with Crippen LogP contribution in [0.15, 0.2) is 17.5 Å². The molecule has 0 aliphatic carbocycles. The molecule has 0 fully saturated rings. The van der Waals surface area contributed by atoms with E-state index in [1.54, 1.807) is 25.2 Å². The van der Waals surface area contributed by atoms with Gasteiger partial charge in [-0.3, -0.25) is 9.59 Å². The lowest BCUT2D eigenvalue weighted by molar-refractivity contribution is -0.152. The lowest BCUT2D eigenvalue weighted by atomic mass is 10.2. The van der Waals surface area contributed by atoms with Crippen molar-refractivity contribution >= 4 is 23.3 Å². The van der Waals surface area contributed by atoms with E-state index in [0.717, 1.165) is 6.42 Å². The molecule has 1 unspecified atom stereocenters. The first-order valence-corrected chi connectivity index (χ1v) is 7.63. The lowest BCUT2D eigenvalue weighted by Crippen LogP contribution is -2.41. The smallest absolute Gasteiger partial charge is 0.323 e. The lowest BCUT2D eigenvalue weighted by Gasteiger charge is -2.16. The second-order valence-electron chi connectivity index (χ2n) is 4.10. The minimum atomic E-state index is -0.644. The molecular formula is C14H21NO4S. The van der Waals surface area contributed by atoms with Crippen LogP contribution in [0.2, 0.25) is 0 Å². The quantitative estimate of drug-likeness (QED) is 0.704. The van der Waals surface area contributed by atoms with Crippen LogP contribution in [0.4, 0.5) is 0 Å². The van der Waals surface area contributed by atoms with Gasteiger partial charge in [-0.05, 0) is 31.7 Å². The summed E-state index contributed by atoms with van der Waals surface area (Å²) >= 11 is 1.67. The molecule has 112 valence electrons. The van der Waals surface area contributed by atoms with Crippen LogP contribution < -0.4 is 5.32 Å². The Morgan fingerprint density at radius 1 is 1.30 bits per heavy atom. The highest BCUT2D eigenvalue weighted by atomic mass is 32.1. The predicted octanol–water partition coefficient (Wildman–Crippen LogP) is 1.77. The van der Waals surface area contributed by atoms with Gasteiger partial charge in [-0.1, -0.05) is 6.07 Å². The fourth-order valence-electron chi connectivity index (χ4n) is 1.69. The van der Waals surface area contributed by atoms with Crippen molar-refractivity contribution in [3.63, 3.8) is 0 Å². The highest BCUT2D eigenvalue weighted by molar-refractivity contribution is 7.09. The molecule has 0 radical (unpaired) electrons. The monoisotopic (exact) mass is 299 g/mol. The van der Waals surface area contributed by atoms with Gasteiger partial charge in [-0.2, -0.15) is 0 Å². The summed E-state index contributed by atoms with van der Waals surface area (Å²) in [6.07, 6.45) is 0.813. The number of thiophene rings is 1. The summed E-state index contributed by atoms with van der Waals surface area (Å²) in [5.74, 6) is -0.805. The van der Waals surface area contributed by atoms with Crippen molar-refractivity contribution in [1.29, 1.82) is 0 Å². The molecule has 1 aromatic rings. The molecule has 1 atom stereocenters. The first-order valence-electron chi connectivity index (χ1n) is 6.75. The molecule has 0 aromatic carbocycles. The fraction of sp³-hybridized carbons (Fsp3) is 0.571. The van der Waals surface area contributed by atoms with E-state index in [-0.39, 0.29) is 6.42 Å². The van der Waals surface area contributed by atoms with E-state index >= 15 is 0 Å². The molecule has 1 aromatic heterocycles. The molecule has 6 heteroatoms. The standard InChI is InChI=1S/C14H21NO4S/c1-3-18-13(16)10-12(14(17)19-4-2)15-8-7-11-6-5-9-20-11/h5-6,9,12,15H,3-4,7-8,10H2,1-2H3. The number of carbonyl (C=O) groups excluding carboxylic acids is 2. The first kappa shape index (κ1) is 16.7. The van der Waals surface area contributed by atoms with Gasteiger partial charge in [0.15, 0.2) is 0 Å². The Morgan fingerprint density at radius 2 is 2.05 bits per heavy atom. The Labute approximate surface area is 123 Å². The summed E-state index contributed by atoms with van der Waals surface area (Å²) in [5, 5.41) is 5.07. The van der Waals surface area contributed by atoms with E-state index in [9.17, 15) is 9.59 Å². The van der Waals surface area contributed by atoms with E-state index in [0.29, 0.717) is 19.8 Å². The van der Waals surface area contributed by atoms with Crippen LogP contribution in [-0.4, -0.2) is 37.7 Å². The maximum atomic E-state index is 11.8. The van der Waals surface area contributed by atoms with Gasteiger partial charge in [0.25, 0.3) is 0 Å². The third kappa shape index (κ3) is 6.16. The molecule has 5 nitrogen and oxygen atoms in total. The van der Waals surface area contributed by atoms with Crippen LogP contribution in [-0.2, 0) is 25.5 Å². The number of ether oxygens (including phenoxy) is 2. The Hall–Kier alpha value is -1.40. The van der Waals surface area contributed by atoms with Crippen LogP contribution in [0.3, 0.4) is 0 Å². The molecule has 0 bridgehead atoms. The van der Waals surface area contributed by atoms with Crippen molar-refractivity contribution in [3.05, 3.63) is 22.4 Å². The summed E-state index contributed by atoms with van der Waals surface area (Å²) < 4.78 is 9.83. The maximum Gasteiger partial charge on any atom is 0.323 e. The van der Waals surface area contributed by atoms with Crippen LogP contribution in [0.5, 0.6) is 0 Å². The summed E-state index contributed by atoms with van der Waals surface area (Å²) in [7, 11) is 0. The molecule has 0 saturated heterocycles. The molecule has 0 spiro atoms. The molecular weight excluding hydrogens is 278 g/mol. The van der Waals surface area contributed by atoms with Crippen molar-refractivity contribution < 1.29 is 19.1 Å². The Morgan fingerprint density at radius 3 is 2.65 bits per heavy atom. The van der Waals surface area contributed by atoms with Crippen molar-refractivity contribution in [2.45, 2.75) is 32.7 Å². The summed E-state index contributed by atoms with van der Waals surface area (Å²) in [6.45, 7) is 4.70. The third-order valence-electron chi connectivity index (χ3n) is 2.59. The number of nitrogens with one attached hydrogen (secondary N) is 1. The molecule has 1 N–H and O–H groups in total. The normalized spacial score (nSPS) is 11.9. The molecule has 20 heavy (non-hydrogen) atoms. The summed E-state index contributed by atoms with van der Waals surface area (Å²) in [6, 6.07) is 3.38. The molecule has 0 aliphatic heterocycles. The fourth-order valence-corrected chi connectivity index (χ4v) is 2.40. The number of rotatable bonds is 9. The minimum Gasteiger partial charge on any atom is -0.466 e. The Bertz CT molecular complexity index is 405. The van der Waals surface area contributed by atoms with E-state index in [2.05, 4.69) is 5.32 Å². The number of carbonyl (C=O) groups is 2. The first-order chi connectivity index (χ1) is 9.67. The maximum absolute atomic E-state index is 11.8. The molecule has 1 rings (SSSR count). The average molecular weight is 299 g/mol. The van der Waals surface area contributed by atoms with E-state index in [1.807, 2.05) is 17.5 Å². The van der Waals surface area contributed by atoms with E-state index < -0.39 is 18.0 Å². The second kappa shape index (κ2) is 9.50. The van der Waals surface area contributed by atoms with E-state index in [4.69, 9.17) is 9.47 Å². The SMILES string of the molecule is CCOC(=O)CC(NCCc1cccs1)C(=O)OCC. The van der Waals surface area contributed by atoms with E-state index in [1.165, 1.54) is 4.88 Å².